The molecule has 0 aliphatic carbocycles. The molecule has 2 aromatic carbocycles. The smallest absolute Gasteiger partial charge is 0.370 e. The highest BCUT2D eigenvalue weighted by atomic mass is 32.1. The van der Waals surface area contributed by atoms with Crippen molar-refractivity contribution >= 4 is 45.9 Å². The summed E-state index contributed by atoms with van der Waals surface area (Å²) in [5, 5.41) is 2.63. The number of carbonyl (C=O) groups is 1. The van der Waals surface area contributed by atoms with Gasteiger partial charge in [0.2, 0.25) is 0 Å². The molecular formula is C39H46F6N6OS. The number of carbonyl (C=O) groups excluding carboxylic acids is 1. The molecule has 2 saturated heterocycles. The highest BCUT2D eigenvalue weighted by molar-refractivity contribution is 7.81. The maximum atomic E-state index is 13.3. The first-order valence-corrected chi connectivity index (χ1v) is 17.1. The van der Waals surface area contributed by atoms with Gasteiger partial charge < -0.3 is 20.0 Å². The molecule has 0 radical (unpaired) electrons. The van der Waals surface area contributed by atoms with Gasteiger partial charge in [-0.1, -0.05) is 27.1 Å². The van der Waals surface area contributed by atoms with Crippen molar-refractivity contribution in [2.45, 2.75) is 65.7 Å². The summed E-state index contributed by atoms with van der Waals surface area (Å²) >= 11 is 5.52. The van der Waals surface area contributed by atoms with Crippen molar-refractivity contribution in [2.24, 2.45) is 0 Å². The first kappa shape index (κ1) is 42.7. The molecule has 14 heteroatoms. The van der Waals surface area contributed by atoms with Crippen molar-refractivity contribution in [3.63, 3.8) is 0 Å². The van der Waals surface area contributed by atoms with Crippen LogP contribution < -0.4 is 20.0 Å². The number of nitrogens with one attached hydrogen (secondary N) is 1. The number of aromatic nitrogens is 2. The van der Waals surface area contributed by atoms with Gasteiger partial charge in [-0.25, -0.2) is 0 Å². The van der Waals surface area contributed by atoms with Crippen molar-refractivity contribution in [1.29, 1.82) is 0 Å². The van der Waals surface area contributed by atoms with E-state index in [0.29, 0.717) is 21.9 Å². The van der Waals surface area contributed by atoms with Crippen LogP contribution in [0.2, 0.25) is 0 Å². The van der Waals surface area contributed by atoms with E-state index < -0.39 is 29.4 Å². The molecule has 7 nitrogen and oxygen atoms in total. The van der Waals surface area contributed by atoms with Crippen LogP contribution in [0.1, 0.15) is 80.4 Å². The largest absolute Gasteiger partial charge is 0.416 e. The molecule has 2 aromatic heterocycles. The van der Waals surface area contributed by atoms with Gasteiger partial charge in [0.05, 0.1) is 33.9 Å². The third kappa shape index (κ3) is 11.1. The second-order valence-corrected chi connectivity index (χ2v) is 12.7. The van der Waals surface area contributed by atoms with Crippen LogP contribution in [-0.4, -0.2) is 54.1 Å². The third-order valence-electron chi connectivity index (χ3n) is 8.80. The number of benzene rings is 2. The average molecular weight is 761 g/mol. The second-order valence-electron chi connectivity index (χ2n) is 12.3. The van der Waals surface area contributed by atoms with Gasteiger partial charge in [0, 0.05) is 69.1 Å². The van der Waals surface area contributed by atoms with Gasteiger partial charge in [0.15, 0.2) is 0 Å². The molecule has 0 spiro atoms. The molecule has 1 N–H and O–H groups in total. The Morgan fingerprint density at radius 2 is 1.09 bits per heavy atom. The Kier molecular flexibility index (Phi) is 15.2. The van der Waals surface area contributed by atoms with E-state index in [-0.39, 0.29) is 20.5 Å². The summed E-state index contributed by atoms with van der Waals surface area (Å²) in [5.41, 5.74) is 1.71. The monoisotopic (exact) mass is 760 g/mol. The molecule has 1 amide bonds. The van der Waals surface area contributed by atoms with E-state index in [9.17, 15) is 31.1 Å². The molecule has 4 aromatic rings. The minimum Gasteiger partial charge on any atom is -0.370 e. The molecule has 2 fully saturated rings. The van der Waals surface area contributed by atoms with Gasteiger partial charge in [-0.15, -0.1) is 0 Å². The number of halogens is 6. The highest BCUT2D eigenvalue weighted by Gasteiger charge is 2.33. The molecule has 0 unspecified atom stereocenters. The van der Waals surface area contributed by atoms with Crippen molar-refractivity contribution in [1.82, 2.24) is 9.97 Å². The van der Waals surface area contributed by atoms with Crippen LogP contribution in [0.4, 0.5) is 49.1 Å². The van der Waals surface area contributed by atoms with Gasteiger partial charge in [-0.3, -0.25) is 14.8 Å². The first-order valence-electron chi connectivity index (χ1n) is 16.6. The molecule has 0 saturated carbocycles. The summed E-state index contributed by atoms with van der Waals surface area (Å²) in [6, 6.07) is 14.0. The van der Waals surface area contributed by atoms with E-state index in [1.807, 2.05) is 4.90 Å². The van der Waals surface area contributed by atoms with Crippen LogP contribution in [0.5, 0.6) is 0 Å². The normalized spacial score (nSPS) is 14.5. The maximum absolute atomic E-state index is 13.3. The number of anilines is 4. The molecule has 2 aliphatic rings. The summed E-state index contributed by atoms with van der Waals surface area (Å²) in [5.74, 6) is -0.458. The Balaban J connectivity index is 0.000000275. The quantitative estimate of drug-likeness (QED) is 0.155. The minimum absolute atomic E-state index is 0. The number of alkyl halides is 6. The summed E-state index contributed by atoms with van der Waals surface area (Å²) in [6.07, 6.45) is 3.62. The molecule has 2 aliphatic heterocycles. The number of hydrogen-bond donors (Lipinski definition) is 1. The minimum atomic E-state index is -4.46. The van der Waals surface area contributed by atoms with Crippen LogP contribution in [0, 0.1) is 0 Å². The highest BCUT2D eigenvalue weighted by Crippen LogP contribution is 2.39. The molecule has 4 heterocycles. The Morgan fingerprint density at radius 3 is 1.58 bits per heavy atom. The molecule has 286 valence electrons. The van der Waals surface area contributed by atoms with Crippen molar-refractivity contribution in [2.75, 3.05) is 53.2 Å². The van der Waals surface area contributed by atoms with E-state index in [4.69, 9.17) is 12.2 Å². The van der Waals surface area contributed by atoms with Gasteiger partial charge in [0.1, 0.15) is 4.99 Å². The Hall–Kier alpha value is -4.72. The molecule has 0 atom stereocenters. The molecular weight excluding hydrogens is 715 g/mol. The van der Waals surface area contributed by atoms with Gasteiger partial charge in [0.25, 0.3) is 5.91 Å². The topological polar surface area (TPSA) is 64.6 Å². The average Bonchev–Trinajstić information content (AvgIpc) is 3.15. The summed E-state index contributed by atoms with van der Waals surface area (Å²) in [6.45, 7) is 3.22. The van der Waals surface area contributed by atoms with Gasteiger partial charge >= 0.3 is 12.4 Å². The van der Waals surface area contributed by atoms with E-state index in [2.05, 4.69) is 20.2 Å². The number of piperidine rings is 2. The Morgan fingerprint density at radius 1 is 0.660 bits per heavy atom. The fourth-order valence-corrected chi connectivity index (χ4v) is 6.32. The lowest BCUT2D eigenvalue weighted by Gasteiger charge is -2.33. The lowest BCUT2D eigenvalue weighted by molar-refractivity contribution is -0.138. The van der Waals surface area contributed by atoms with E-state index in [1.54, 1.807) is 42.5 Å². The fraction of sp³-hybridized carbons (Fsp3) is 0.385. The zero-order valence-electron chi connectivity index (χ0n) is 28.0. The van der Waals surface area contributed by atoms with E-state index in [0.717, 1.165) is 94.2 Å². The summed E-state index contributed by atoms with van der Waals surface area (Å²) < 4.78 is 79.0. The van der Waals surface area contributed by atoms with Crippen molar-refractivity contribution < 1.29 is 31.1 Å². The Bertz CT molecular complexity index is 1780. The standard InChI is InChI=1S/C19H20F3N3S.C18H18F3N3O.2CH4/c1-24(18(26)14-7-9-23-10-8-14)17-13-15(19(20,21)22)5-6-16(17)25-11-3-2-4-12-25;19-18(20,21)14-4-5-16(24-10-2-1-3-11-24)15(12-14)23-17(25)13-6-8-22-9-7-13;;/h5-10,13H,2-4,11-12H2,1H3;4-9,12H,1-3,10-11H2,(H,23,25);2*1H4. The molecule has 0 bridgehead atoms. The SMILES string of the molecule is C.C.CN(C(=S)c1ccncc1)c1cc(C(F)(F)F)ccc1N1CCCCC1.O=C(Nc1cc(C(F)(F)F)ccc1N1CCCCC1)c1ccncc1. The predicted molar refractivity (Wildman–Crippen MR) is 205 cm³/mol. The Labute approximate surface area is 313 Å². The summed E-state index contributed by atoms with van der Waals surface area (Å²) in [4.78, 5) is 26.5. The fourth-order valence-electron chi connectivity index (χ4n) is 6.09. The van der Waals surface area contributed by atoms with Crippen LogP contribution in [0.25, 0.3) is 0 Å². The number of thiocarbonyl (C=S) groups is 1. The number of amides is 1. The first-order chi connectivity index (χ1) is 24.3. The van der Waals surface area contributed by atoms with Crippen LogP contribution in [0.3, 0.4) is 0 Å². The van der Waals surface area contributed by atoms with E-state index >= 15 is 0 Å². The predicted octanol–water partition coefficient (Wildman–Crippen LogP) is 10.5. The second kappa shape index (κ2) is 18.9. The lowest BCUT2D eigenvalue weighted by atomic mass is 10.1. The zero-order valence-corrected chi connectivity index (χ0v) is 28.8. The van der Waals surface area contributed by atoms with E-state index in [1.165, 1.54) is 36.7 Å². The number of hydrogen-bond acceptors (Lipinski definition) is 6. The van der Waals surface area contributed by atoms with Gasteiger partial charge in [-0.2, -0.15) is 26.3 Å². The summed E-state index contributed by atoms with van der Waals surface area (Å²) in [7, 11) is 1.71. The van der Waals surface area contributed by atoms with Crippen LogP contribution in [-0.2, 0) is 12.4 Å². The number of rotatable bonds is 6. The van der Waals surface area contributed by atoms with Crippen LogP contribution >= 0.6 is 12.2 Å². The lowest BCUT2D eigenvalue weighted by Crippen LogP contribution is -2.33. The van der Waals surface area contributed by atoms with Crippen molar-refractivity contribution in [3.05, 3.63) is 108 Å². The zero-order chi connectivity index (χ0) is 36.6. The molecule has 6 rings (SSSR count). The number of pyridine rings is 2. The number of nitrogens with zero attached hydrogens (tertiary/aromatic N) is 5. The maximum Gasteiger partial charge on any atom is 0.416 e. The van der Waals surface area contributed by atoms with Crippen molar-refractivity contribution in [3.8, 4) is 0 Å². The van der Waals surface area contributed by atoms with Gasteiger partial charge in [-0.05, 0) is 99.2 Å². The third-order valence-corrected chi connectivity index (χ3v) is 9.31. The molecule has 53 heavy (non-hydrogen) atoms. The van der Waals surface area contributed by atoms with Crippen LogP contribution in [0.15, 0.2) is 85.5 Å².